The topological polar surface area (TPSA) is 53.6 Å². The molecule has 1 atom stereocenters. The van der Waals surface area contributed by atoms with Crippen molar-refractivity contribution in [1.29, 1.82) is 0 Å². The van der Waals surface area contributed by atoms with E-state index < -0.39 is 11.7 Å². The lowest BCUT2D eigenvalue weighted by molar-refractivity contribution is 0.0367. The number of nitrogens with one attached hydrogen (secondary N) is 2. The highest BCUT2D eigenvalue weighted by molar-refractivity contribution is 5.67. The number of carbonyl (C=O) groups excluding carboxylic acids is 1. The Morgan fingerprint density at radius 1 is 1.29 bits per heavy atom. The molecule has 3 saturated heterocycles. The summed E-state index contributed by atoms with van der Waals surface area (Å²) >= 11 is 0. The first kappa shape index (κ1) is 12.6. The monoisotopic (exact) mass is 241 g/mol. The van der Waals surface area contributed by atoms with Crippen LogP contribution in [0.15, 0.2) is 0 Å². The van der Waals surface area contributed by atoms with E-state index in [2.05, 4.69) is 15.8 Å². The van der Waals surface area contributed by atoms with Crippen molar-refractivity contribution >= 4 is 6.09 Å². The molecular weight excluding hydrogens is 218 g/mol. The summed E-state index contributed by atoms with van der Waals surface area (Å²) in [5.74, 6) is 0.690. The van der Waals surface area contributed by atoms with Crippen LogP contribution in [-0.4, -0.2) is 42.3 Å². The Hall–Kier alpha value is -0.810. The van der Waals surface area contributed by atoms with Crippen LogP contribution in [0.5, 0.6) is 0 Å². The second kappa shape index (κ2) is 4.82. The molecule has 5 heteroatoms. The predicted molar refractivity (Wildman–Crippen MR) is 65.5 cm³/mol. The molecule has 98 valence electrons. The van der Waals surface area contributed by atoms with E-state index in [0.29, 0.717) is 12.0 Å². The highest BCUT2D eigenvalue weighted by Crippen LogP contribution is 2.26. The Morgan fingerprint density at radius 2 is 1.94 bits per heavy atom. The van der Waals surface area contributed by atoms with Crippen LogP contribution in [0.25, 0.3) is 0 Å². The zero-order valence-electron chi connectivity index (χ0n) is 11.0. The first-order chi connectivity index (χ1) is 7.94. The maximum atomic E-state index is 11.5. The van der Waals surface area contributed by atoms with E-state index in [1.54, 1.807) is 0 Å². The summed E-state index contributed by atoms with van der Waals surface area (Å²) in [6.07, 6.45) is 2.07. The average Bonchev–Trinajstić information content (AvgIpc) is 2.26. The van der Waals surface area contributed by atoms with Gasteiger partial charge in [0, 0.05) is 12.6 Å². The number of fused-ring (bicyclic) bond motifs is 3. The molecular formula is C12H23N3O2. The van der Waals surface area contributed by atoms with Gasteiger partial charge in [0.15, 0.2) is 0 Å². The average molecular weight is 241 g/mol. The predicted octanol–water partition coefficient (Wildman–Crippen LogP) is 1.11. The number of hydrogen-bond acceptors (Lipinski definition) is 4. The molecule has 0 aromatic heterocycles. The third-order valence-electron chi connectivity index (χ3n) is 3.41. The first-order valence-corrected chi connectivity index (χ1v) is 6.41. The number of carbonyl (C=O) groups is 1. The molecule has 0 saturated carbocycles. The lowest BCUT2D eigenvalue weighted by atomic mass is 9.84. The normalized spacial score (nSPS) is 32.3. The van der Waals surface area contributed by atoms with Crippen LogP contribution >= 0.6 is 0 Å². The number of hydrogen-bond donors (Lipinski definition) is 2. The third-order valence-corrected chi connectivity index (χ3v) is 3.41. The highest BCUT2D eigenvalue weighted by atomic mass is 16.6. The Kier molecular flexibility index (Phi) is 3.58. The molecule has 3 aliphatic rings. The van der Waals surface area contributed by atoms with Gasteiger partial charge in [-0.1, -0.05) is 0 Å². The Bertz CT molecular complexity index is 280. The molecule has 0 aromatic rings. The number of rotatable bonds is 2. The van der Waals surface area contributed by atoms with Crippen molar-refractivity contribution in [3.05, 3.63) is 0 Å². The molecule has 1 amide bonds. The van der Waals surface area contributed by atoms with E-state index >= 15 is 0 Å². The van der Waals surface area contributed by atoms with Crippen LogP contribution in [0, 0.1) is 5.92 Å². The van der Waals surface area contributed by atoms with Gasteiger partial charge < -0.3 is 9.64 Å². The molecule has 1 unspecified atom stereocenters. The highest BCUT2D eigenvalue weighted by Gasteiger charge is 2.34. The quantitative estimate of drug-likeness (QED) is 0.711. The van der Waals surface area contributed by atoms with Crippen LogP contribution in [0.2, 0.25) is 0 Å². The van der Waals surface area contributed by atoms with E-state index in [1.165, 1.54) is 25.9 Å². The van der Waals surface area contributed by atoms with Gasteiger partial charge in [-0.25, -0.2) is 10.2 Å². The Morgan fingerprint density at radius 3 is 2.41 bits per heavy atom. The summed E-state index contributed by atoms with van der Waals surface area (Å²) in [6.45, 7) is 9.02. The fourth-order valence-corrected chi connectivity index (χ4v) is 2.58. The van der Waals surface area contributed by atoms with Gasteiger partial charge in [-0.3, -0.25) is 5.43 Å². The van der Waals surface area contributed by atoms with Gasteiger partial charge in [-0.15, -0.1) is 0 Å². The summed E-state index contributed by atoms with van der Waals surface area (Å²) in [4.78, 5) is 13.9. The molecule has 0 spiro atoms. The lowest BCUT2D eigenvalue weighted by Crippen LogP contribution is -2.60. The maximum Gasteiger partial charge on any atom is 0.422 e. The number of ether oxygens (including phenoxy) is 1. The fourth-order valence-electron chi connectivity index (χ4n) is 2.58. The zero-order chi connectivity index (χ0) is 12.5. The van der Waals surface area contributed by atoms with Crippen LogP contribution < -0.4 is 10.9 Å². The summed E-state index contributed by atoms with van der Waals surface area (Å²) in [5.41, 5.74) is 5.32. The van der Waals surface area contributed by atoms with E-state index in [0.717, 1.165) is 6.54 Å². The molecule has 0 aliphatic carbocycles. The minimum Gasteiger partial charge on any atom is -0.443 e. The molecule has 2 bridgehead atoms. The van der Waals surface area contributed by atoms with Crippen molar-refractivity contribution < 1.29 is 9.53 Å². The van der Waals surface area contributed by atoms with E-state index in [-0.39, 0.29) is 0 Å². The van der Waals surface area contributed by atoms with Crippen LogP contribution in [0.1, 0.15) is 33.6 Å². The molecule has 3 aliphatic heterocycles. The van der Waals surface area contributed by atoms with E-state index in [4.69, 9.17) is 4.74 Å². The van der Waals surface area contributed by atoms with Crippen LogP contribution in [0.3, 0.4) is 0 Å². The largest absolute Gasteiger partial charge is 0.443 e. The van der Waals surface area contributed by atoms with Crippen LogP contribution in [-0.2, 0) is 4.74 Å². The van der Waals surface area contributed by atoms with Gasteiger partial charge in [0.05, 0.1) is 0 Å². The number of nitrogens with zero attached hydrogens (tertiary/aromatic N) is 1. The molecule has 5 nitrogen and oxygen atoms in total. The summed E-state index contributed by atoms with van der Waals surface area (Å²) < 4.78 is 5.18. The van der Waals surface area contributed by atoms with Crippen molar-refractivity contribution in [2.45, 2.75) is 45.3 Å². The smallest absolute Gasteiger partial charge is 0.422 e. The molecule has 17 heavy (non-hydrogen) atoms. The number of hydrazine groups is 1. The van der Waals surface area contributed by atoms with Crippen molar-refractivity contribution in [3.8, 4) is 0 Å². The molecule has 3 rings (SSSR count). The standard InChI is InChI=1S/C12H23N3O2/c1-12(2,3)17-11(16)14-13-10-8-15-6-4-9(10)5-7-15/h9-10,13H,4-8H2,1-3H3,(H,14,16). The van der Waals surface area contributed by atoms with E-state index in [1.807, 2.05) is 20.8 Å². The van der Waals surface area contributed by atoms with Gasteiger partial charge in [0.1, 0.15) is 5.60 Å². The Labute approximate surface area is 103 Å². The fraction of sp³-hybridized carbons (Fsp3) is 0.917. The number of piperidine rings is 3. The minimum atomic E-state index is -0.444. The summed E-state index contributed by atoms with van der Waals surface area (Å²) in [5, 5.41) is 0. The second-order valence-electron chi connectivity index (χ2n) is 6.02. The van der Waals surface area contributed by atoms with E-state index in [9.17, 15) is 4.79 Å². The van der Waals surface area contributed by atoms with Gasteiger partial charge >= 0.3 is 6.09 Å². The summed E-state index contributed by atoms with van der Waals surface area (Å²) in [7, 11) is 0. The van der Waals surface area contributed by atoms with Gasteiger partial charge in [-0.05, 0) is 52.6 Å². The lowest BCUT2D eigenvalue weighted by Gasteiger charge is -2.44. The zero-order valence-corrected chi connectivity index (χ0v) is 11.0. The molecule has 0 radical (unpaired) electrons. The maximum absolute atomic E-state index is 11.5. The third kappa shape index (κ3) is 3.57. The molecule has 0 aromatic carbocycles. The van der Waals surface area contributed by atoms with Gasteiger partial charge in [0.2, 0.25) is 0 Å². The molecule has 3 heterocycles. The SMILES string of the molecule is CC(C)(C)OC(=O)NNC1CN2CCC1CC2. The first-order valence-electron chi connectivity index (χ1n) is 6.41. The van der Waals surface area contributed by atoms with Crippen molar-refractivity contribution in [3.63, 3.8) is 0 Å². The molecule has 2 N–H and O–H groups in total. The Balaban J connectivity index is 1.73. The molecule has 3 fully saturated rings. The van der Waals surface area contributed by atoms with Crippen molar-refractivity contribution in [2.75, 3.05) is 19.6 Å². The second-order valence-corrected chi connectivity index (χ2v) is 6.02. The number of amides is 1. The van der Waals surface area contributed by atoms with Crippen molar-refractivity contribution in [2.24, 2.45) is 5.92 Å². The van der Waals surface area contributed by atoms with Gasteiger partial charge in [-0.2, -0.15) is 0 Å². The minimum absolute atomic E-state index is 0.366. The van der Waals surface area contributed by atoms with Crippen molar-refractivity contribution in [1.82, 2.24) is 15.8 Å². The van der Waals surface area contributed by atoms with Gasteiger partial charge in [0.25, 0.3) is 0 Å². The van der Waals surface area contributed by atoms with Crippen LogP contribution in [0.4, 0.5) is 4.79 Å². The summed E-state index contributed by atoms with van der Waals surface area (Å²) in [6, 6.07) is 0.366.